The number of nitrogens with zero attached hydrogens (tertiary/aromatic N) is 1. The van der Waals surface area contributed by atoms with Gasteiger partial charge in [0, 0.05) is 10.9 Å². The summed E-state index contributed by atoms with van der Waals surface area (Å²) in [5.41, 5.74) is 2.09. The molecule has 5 rings (SSSR count). The monoisotopic (exact) mass is 485 g/mol. The summed E-state index contributed by atoms with van der Waals surface area (Å²) in [5.74, 6) is -0.453. The van der Waals surface area contributed by atoms with Gasteiger partial charge in [-0.3, -0.25) is 14.8 Å². The number of hydrogen-bond acceptors (Lipinski definition) is 5. The first-order valence-electron chi connectivity index (χ1n) is 10.4. The number of anilines is 2. The predicted octanol–water partition coefficient (Wildman–Crippen LogP) is 6.02. The fraction of sp³-hybridized carbons (Fsp3) is 0. The number of aromatic nitrogens is 1. The van der Waals surface area contributed by atoms with E-state index in [-0.39, 0.29) is 16.1 Å². The number of hydrogen-bond donors (Lipinski definition) is 2. The van der Waals surface area contributed by atoms with E-state index in [1.165, 1.54) is 23.5 Å². The lowest BCUT2D eigenvalue weighted by Crippen LogP contribution is -2.18. The number of sulfonamides is 1. The number of benzene rings is 4. The van der Waals surface area contributed by atoms with Gasteiger partial charge in [-0.15, -0.1) is 11.3 Å². The first-order chi connectivity index (χ1) is 16.5. The molecule has 1 heterocycles. The van der Waals surface area contributed by atoms with Gasteiger partial charge in [0.15, 0.2) is 5.13 Å². The van der Waals surface area contributed by atoms with Gasteiger partial charge < -0.3 is 0 Å². The minimum absolute atomic E-state index is 0.116. The zero-order valence-electron chi connectivity index (χ0n) is 17.8. The predicted molar refractivity (Wildman–Crippen MR) is 137 cm³/mol. The van der Waals surface area contributed by atoms with Crippen molar-refractivity contribution >= 4 is 48.9 Å². The molecule has 8 heteroatoms. The Morgan fingerprint density at radius 3 is 2.32 bits per heavy atom. The molecule has 0 spiro atoms. The first kappa shape index (κ1) is 21.8. The molecule has 4 aromatic carbocycles. The van der Waals surface area contributed by atoms with Crippen LogP contribution in [0, 0.1) is 0 Å². The van der Waals surface area contributed by atoms with Gasteiger partial charge in [0.1, 0.15) is 0 Å². The lowest BCUT2D eigenvalue weighted by Gasteiger charge is -2.12. The number of rotatable bonds is 6. The smallest absolute Gasteiger partial charge is 0.261 e. The van der Waals surface area contributed by atoms with E-state index >= 15 is 0 Å². The third kappa shape index (κ3) is 4.54. The molecular formula is C26H19N3O3S2. The third-order valence-corrected chi connectivity index (χ3v) is 7.38. The molecule has 1 amide bonds. The number of amides is 1. The topological polar surface area (TPSA) is 88.2 Å². The van der Waals surface area contributed by atoms with Crippen LogP contribution in [0.1, 0.15) is 10.4 Å². The molecule has 0 aliphatic carbocycles. The number of carbonyl (C=O) groups is 1. The van der Waals surface area contributed by atoms with Gasteiger partial charge in [0.05, 0.1) is 21.8 Å². The van der Waals surface area contributed by atoms with Crippen molar-refractivity contribution in [1.29, 1.82) is 0 Å². The van der Waals surface area contributed by atoms with E-state index in [1.807, 2.05) is 35.7 Å². The first-order valence-corrected chi connectivity index (χ1v) is 12.8. The molecule has 34 heavy (non-hydrogen) atoms. The van der Waals surface area contributed by atoms with Gasteiger partial charge in [0.25, 0.3) is 15.9 Å². The highest BCUT2D eigenvalue weighted by atomic mass is 32.2. The van der Waals surface area contributed by atoms with Crippen LogP contribution < -0.4 is 10.0 Å². The van der Waals surface area contributed by atoms with Crippen LogP contribution in [0.5, 0.6) is 0 Å². The van der Waals surface area contributed by atoms with Crippen molar-refractivity contribution in [3.8, 4) is 11.3 Å². The molecule has 6 nitrogen and oxygen atoms in total. The lowest BCUT2D eigenvalue weighted by molar-refractivity contribution is 0.102. The standard InChI is InChI=1S/C26H19N3O3S2/c30-25(22-12-6-7-13-23(22)29-34(31,32)21-10-2-1-3-11-21)28-26-27-24(17-33-26)20-15-14-18-8-4-5-9-19(18)16-20/h1-17,29H,(H,27,28,30). The van der Waals surface area contributed by atoms with Crippen LogP contribution in [0.3, 0.4) is 0 Å². The van der Waals surface area contributed by atoms with Crippen LogP contribution in [-0.2, 0) is 10.0 Å². The quantitative estimate of drug-likeness (QED) is 0.308. The Bertz CT molecular complexity index is 1600. The summed E-state index contributed by atoms with van der Waals surface area (Å²) >= 11 is 1.31. The van der Waals surface area contributed by atoms with Crippen molar-refractivity contribution in [3.05, 3.63) is 108 Å². The second kappa shape index (κ2) is 9.09. The molecule has 0 bridgehead atoms. The number of fused-ring (bicyclic) bond motifs is 1. The average molecular weight is 486 g/mol. The fourth-order valence-electron chi connectivity index (χ4n) is 3.55. The molecule has 5 aromatic rings. The normalized spacial score (nSPS) is 11.3. The molecule has 0 saturated carbocycles. The number of nitrogens with one attached hydrogen (secondary N) is 2. The SMILES string of the molecule is O=C(Nc1nc(-c2ccc3ccccc3c2)cs1)c1ccccc1NS(=O)(=O)c1ccccc1. The van der Waals surface area contributed by atoms with Crippen LogP contribution in [0.25, 0.3) is 22.0 Å². The van der Waals surface area contributed by atoms with Gasteiger partial charge in [-0.2, -0.15) is 0 Å². The molecule has 0 radical (unpaired) electrons. The van der Waals surface area contributed by atoms with E-state index in [9.17, 15) is 13.2 Å². The van der Waals surface area contributed by atoms with Crippen molar-refractivity contribution in [2.75, 3.05) is 10.0 Å². The lowest BCUT2D eigenvalue weighted by atomic mass is 10.1. The van der Waals surface area contributed by atoms with Gasteiger partial charge in [-0.1, -0.05) is 66.7 Å². The van der Waals surface area contributed by atoms with Crippen LogP contribution in [0.2, 0.25) is 0 Å². The molecule has 0 saturated heterocycles. The molecule has 2 N–H and O–H groups in total. The maximum atomic E-state index is 13.0. The molecule has 1 aromatic heterocycles. The largest absolute Gasteiger partial charge is 0.298 e. The van der Waals surface area contributed by atoms with E-state index < -0.39 is 15.9 Å². The van der Waals surface area contributed by atoms with Crippen LogP contribution >= 0.6 is 11.3 Å². The maximum Gasteiger partial charge on any atom is 0.261 e. The molecule has 0 fully saturated rings. The summed E-state index contributed by atoms with van der Waals surface area (Å²) in [7, 11) is -3.84. The molecule has 0 aliphatic rings. The highest BCUT2D eigenvalue weighted by Crippen LogP contribution is 2.29. The molecule has 0 atom stereocenters. The van der Waals surface area contributed by atoms with E-state index in [4.69, 9.17) is 0 Å². The zero-order chi connectivity index (χ0) is 23.5. The second-order valence-electron chi connectivity index (χ2n) is 7.52. The summed E-state index contributed by atoms with van der Waals surface area (Å²) in [4.78, 5) is 17.7. The molecular weight excluding hydrogens is 466 g/mol. The molecule has 0 unspecified atom stereocenters. The molecule has 168 valence electrons. The van der Waals surface area contributed by atoms with Gasteiger partial charge in [-0.05, 0) is 41.1 Å². The van der Waals surface area contributed by atoms with Crippen molar-refractivity contribution in [3.63, 3.8) is 0 Å². The van der Waals surface area contributed by atoms with Gasteiger partial charge in [0.2, 0.25) is 0 Å². The number of thiazole rings is 1. The number of carbonyl (C=O) groups excluding carboxylic acids is 1. The Morgan fingerprint density at radius 2 is 1.50 bits per heavy atom. The van der Waals surface area contributed by atoms with E-state index in [0.717, 1.165) is 22.0 Å². The minimum Gasteiger partial charge on any atom is -0.298 e. The van der Waals surface area contributed by atoms with Crippen molar-refractivity contribution in [1.82, 2.24) is 4.98 Å². The maximum absolute atomic E-state index is 13.0. The van der Waals surface area contributed by atoms with Gasteiger partial charge >= 0.3 is 0 Å². The Labute approximate surface area is 201 Å². The number of para-hydroxylation sites is 1. The summed E-state index contributed by atoms with van der Waals surface area (Å²) in [6.45, 7) is 0. The third-order valence-electron chi connectivity index (χ3n) is 5.24. The van der Waals surface area contributed by atoms with E-state index in [0.29, 0.717) is 5.13 Å². The van der Waals surface area contributed by atoms with Crippen molar-refractivity contribution in [2.24, 2.45) is 0 Å². The summed E-state index contributed by atoms with van der Waals surface area (Å²) in [6, 6.07) is 28.6. The highest BCUT2D eigenvalue weighted by molar-refractivity contribution is 7.92. The van der Waals surface area contributed by atoms with Crippen molar-refractivity contribution < 1.29 is 13.2 Å². The van der Waals surface area contributed by atoms with Crippen LogP contribution in [-0.4, -0.2) is 19.3 Å². The van der Waals surface area contributed by atoms with Crippen LogP contribution in [0.15, 0.2) is 107 Å². The van der Waals surface area contributed by atoms with E-state index in [1.54, 1.807) is 42.5 Å². The second-order valence-corrected chi connectivity index (χ2v) is 10.1. The van der Waals surface area contributed by atoms with Crippen molar-refractivity contribution in [2.45, 2.75) is 4.90 Å². The Morgan fingerprint density at radius 1 is 0.794 bits per heavy atom. The molecule has 0 aliphatic heterocycles. The van der Waals surface area contributed by atoms with E-state index in [2.05, 4.69) is 27.2 Å². The van der Waals surface area contributed by atoms with Crippen LogP contribution in [0.4, 0.5) is 10.8 Å². The Balaban J connectivity index is 1.37. The Hall–Kier alpha value is -4.01. The minimum atomic E-state index is -3.84. The highest BCUT2D eigenvalue weighted by Gasteiger charge is 2.19. The zero-order valence-corrected chi connectivity index (χ0v) is 19.4. The summed E-state index contributed by atoms with van der Waals surface area (Å²) in [6.07, 6.45) is 0. The summed E-state index contributed by atoms with van der Waals surface area (Å²) < 4.78 is 28.0. The summed E-state index contributed by atoms with van der Waals surface area (Å²) in [5, 5.41) is 7.34. The van der Waals surface area contributed by atoms with Gasteiger partial charge in [-0.25, -0.2) is 13.4 Å². The Kier molecular flexibility index (Phi) is 5.83. The fourth-order valence-corrected chi connectivity index (χ4v) is 5.37. The average Bonchev–Trinajstić information content (AvgIpc) is 3.33.